The Morgan fingerprint density at radius 3 is 2.48 bits per heavy atom. The van der Waals surface area contributed by atoms with E-state index in [9.17, 15) is 14.0 Å². The molecule has 1 aliphatic heterocycles. The summed E-state index contributed by atoms with van der Waals surface area (Å²) < 4.78 is 12.9. The molecule has 0 aliphatic carbocycles. The molecule has 2 aromatic rings. The largest absolute Gasteiger partial charge is 0.371 e. The van der Waals surface area contributed by atoms with Gasteiger partial charge in [0.05, 0.1) is 11.5 Å². The van der Waals surface area contributed by atoms with Crippen molar-refractivity contribution in [1.29, 1.82) is 0 Å². The van der Waals surface area contributed by atoms with Crippen molar-refractivity contribution in [3.05, 3.63) is 59.9 Å². The summed E-state index contributed by atoms with van der Waals surface area (Å²) in [5.74, 6) is -0.171. The molecule has 0 atom stereocenters. The van der Waals surface area contributed by atoms with Crippen molar-refractivity contribution in [2.75, 3.05) is 41.9 Å². The van der Waals surface area contributed by atoms with Gasteiger partial charge in [0.2, 0.25) is 11.8 Å². The van der Waals surface area contributed by atoms with Gasteiger partial charge in [-0.15, -0.1) is 11.8 Å². The third kappa shape index (κ3) is 6.22. The number of halogens is 1. The van der Waals surface area contributed by atoms with Crippen LogP contribution in [0.4, 0.5) is 15.8 Å². The van der Waals surface area contributed by atoms with Gasteiger partial charge in [-0.1, -0.05) is 18.2 Å². The second kappa shape index (κ2) is 10.3. The molecule has 154 valence electrons. The lowest BCUT2D eigenvalue weighted by molar-refractivity contribution is -0.127. The van der Waals surface area contributed by atoms with E-state index in [2.05, 4.69) is 22.3 Å². The predicted octanol–water partition coefficient (Wildman–Crippen LogP) is 3.76. The number of nitrogens with zero attached hydrogens (tertiary/aromatic N) is 2. The Balaban J connectivity index is 1.45. The third-order valence-electron chi connectivity index (χ3n) is 4.86. The number of benzene rings is 2. The molecule has 0 radical (unpaired) electrons. The normalized spacial score (nSPS) is 13.4. The number of hydrogen-bond donors (Lipinski definition) is 1. The molecule has 0 unspecified atom stereocenters. The molecule has 1 N–H and O–H groups in total. The molecule has 0 saturated carbocycles. The molecule has 1 saturated heterocycles. The van der Waals surface area contributed by atoms with Gasteiger partial charge in [-0.25, -0.2) is 4.39 Å². The highest BCUT2D eigenvalue weighted by Gasteiger charge is 2.18. The van der Waals surface area contributed by atoms with Crippen molar-refractivity contribution >= 4 is 35.0 Å². The average molecular weight is 416 g/mol. The molecule has 1 aliphatic rings. The lowest BCUT2D eigenvalue weighted by Crippen LogP contribution is -2.29. The molecular weight excluding hydrogens is 389 g/mol. The number of thioether (sulfide) groups is 1. The summed E-state index contributed by atoms with van der Waals surface area (Å²) in [7, 11) is 1.79. The lowest BCUT2D eigenvalue weighted by Gasteiger charge is -2.24. The SMILES string of the molecule is CN(Cc1ccccc1N1CCCC1)C(=O)CSCC(=O)Nc1ccc(F)cc1. The molecule has 0 bridgehead atoms. The molecule has 2 amide bonds. The van der Waals surface area contributed by atoms with Gasteiger partial charge in [0.25, 0.3) is 0 Å². The topological polar surface area (TPSA) is 52.7 Å². The molecule has 7 heteroatoms. The van der Waals surface area contributed by atoms with Crippen LogP contribution in [0.25, 0.3) is 0 Å². The zero-order chi connectivity index (χ0) is 20.6. The van der Waals surface area contributed by atoms with Crippen LogP contribution in [-0.4, -0.2) is 48.4 Å². The maximum Gasteiger partial charge on any atom is 0.234 e. The Morgan fingerprint density at radius 1 is 1.07 bits per heavy atom. The molecule has 0 spiro atoms. The van der Waals surface area contributed by atoms with Crippen molar-refractivity contribution in [2.45, 2.75) is 19.4 Å². The smallest absolute Gasteiger partial charge is 0.234 e. The van der Waals surface area contributed by atoms with Crippen molar-refractivity contribution < 1.29 is 14.0 Å². The van der Waals surface area contributed by atoms with Crippen molar-refractivity contribution in [2.24, 2.45) is 0 Å². The first-order chi connectivity index (χ1) is 14.0. The summed E-state index contributed by atoms with van der Waals surface area (Å²) in [6, 6.07) is 13.8. The van der Waals surface area contributed by atoms with Gasteiger partial charge < -0.3 is 15.1 Å². The Morgan fingerprint density at radius 2 is 1.76 bits per heavy atom. The van der Waals surface area contributed by atoms with E-state index in [1.807, 2.05) is 12.1 Å². The third-order valence-corrected chi connectivity index (χ3v) is 5.78. The van der Waals surface area contributed by atoms with Crippen LogP contribution in [0.5, 0.6) is 0 Å². The van der Waals surface area contributed by atoms with Gasteiger partial charge in [0.1, 0.15) is 5.82 Å². The fourth-order valence-corrected chi connectivity index (χ4v) is 4.08. The highest BCUT2D eigenvalue weighted by atomic mass is 32.2. The molecule has 3 rings (SSSR count). The van der Waals surface area contributed by atoms with E-state index < -0.39 is 0 Å². The predicted molar refractivity (Wildman–Crippen MR) is 117 cm³/mol. The Kier molecular flexibility index (Phi) is 7.52. The number of carbonyl (C=O) groups is 2. The first-order valence-electron chi connectivity index (χ1n) is 9.73. The fourth-order valence-electron chi connectivity index (χ4n) is 3.33. The summed E-state index contributed by atoms with van der Waals surface area (Å²) in [6.07, 6.45) is 2.42. The first kappa shape index (κ1) is 21.2. The van der Waals surface area contributed by atoms with Crippen LogP contribution < -0.4 is 10.2 Å². The van der Waals surface area contributed by atoms with Crippen LogP contribution in [0.1, 0.15) is 18.4 Å². The van der Waals surface area contributed by atoms with Crippen LogP contribution in [0, 0.1) is 5.82 Å². The molecule has 1 heterocycles. The second-order valence-electron chi connectivity index (χ2n) is 7.12. The number of hydrogen-bond acceptors (Lipinski definition) is 4. The van der Waals surface area contributed by atoms with Crippen molar-refractivity contribution in [3.8, 4) is 0 Å². The second-order valence-corrected chi connectivity index (χ2v) is 8.11. The average Bonchev–Trinajstić information content (AvgIpc) is 3.24. The summed E-state index contributed by atoms with van der Waals surface area (Å²) in [4.78, 5) is 28.5. The van der Waals surface area contributed by atoms with Gasteiger partial charge in [0.15, 0.2) is 0 Å². The number of anilines is 2. The fraction of sp³-hybridized carbons (Fsp3) is 0.364. The minimum absolute atomic E-state index is 0.0131. The van der Waals surface area contributed by atoms with Gasteiger partial charge in [-0.2, -0.15) is 0 Å². The number of carbonyl (C=O) groups excluding carboxylic acids is 2. The summed E-state index contributed by atoms with van der Waals surface area (Å²) in [5.41, 5.74) is 2.89. The van der Waals surface area contributed by atoms with E-state index in [1.54, 1.807) is 11.9 Å². The van der Waals surface area contributed by atoms with Crippen molar-refractivity contribution in [1.82, 2.24) is 4.90 Å². The van der Waals surface area contributed by atoms with Crippen molar-refractivity contribution in [3.63, 3.8) is 0 Å². The first-order valence-corrected chi connectivity index (χ1v) is 10.9. The van der Waals surface area contributed by atoms with Gasteiger partial charge in [0, 0.05) is 38.1 Å². The maximum absolute atomic E-state index is 12.9. The van der Waals surface area contributed by atoms with Crippen LogP contribution in [0.3, 0.4) is 0 Å². The maximum atomic E-state index is 12.9. The van der Waals surface area contributed by atoms with Gasteiger partial charge in [-0.3, -0.25) is 9.59 Å². The van der Waals surface area contributed by atoms with Crippen LogP contribution in [0.2, 0.25) is 0 Å². The molecule has 1 fully saturated rings. The highest BCUT2D eigenvalue weighted by Crippen LogP contribution is 2.25. The Bertz CT molecular complexity index is 838. The number of para-hydroxylation sites is 1. The summed E-state index contributed by atoms with van der Waals surface area (Å²) in [6.45, 7) is 2.68. The van der Waals surface area contributed by atoms with Crippen LogP contribution in [-0.2, 0) is 16.1 Å². The molecule has 0 aromatic heterocycles. The summed E-state index contributed by atoms with van der Waals surface area (Å²) >= 11 is 1.27. The number of nitrogens with one attached hydrogen (secondary N) is 1. The zero-order valence-corrected chi connectivity index (χ0v) is 17.4. The Labute approximate surface area is 175 Å². The molecule has 2 aromatic carbocycles. The minimum atomic E-state index is -0.350. The van der Waals surface area contributed by atoms with E-state index >= 15 is 0 Å². The monoisotopic (exact) mass is 415 g/mol. The standard InChI is InChI=1S/C22H26FN3O2S/c1-25(14-17-6-2-3-7-20(17)26-12-4-5-13-26)22(28)16-29-15-21(27)24-19-10-8-18(23)9-11-19/h2-3,6-11H,4-5,12-16H2,1H3,(H,24,27). The highest BCUT2D eigenvalue weighted by molar-refractivity contribution is 8.00. The zero-order valence-electron chi connectivity index (χ0n) is 16.6. The van der Waals surface area contributed by atoms with E-state index in [4.69, 9.17) is 0 Å². The molecule has 5 nitrogen and oxygen atoms in total. The van der Waals surface area contributed by atoms with E-state index in [0.717, 1.165) is 18.7 Å². The lowest BCUT2D eigenvalue weighted by atomic mass is 10.1. The van der Waals surface area contributed by atoms with Crippen LogP contribution >= 0.6 is 11.8 Å². The Hall–Kier alpha value is -2.54. The van der Waals surface area contributed by atoms with E-state index in [-0.39, 0.29) is 29.1 Å². The quantitative estimate of drug-likeness (QED) is 0.713. The molecular formula is C22H26FN3O2S. The minimum Gasteiger partial charge on any atom is -0.371 e. The van der Waals surface area contributed by atoms with Crippen LogP contribution in [0.15, 0.2) is 48.5 Å². The number of rotatable bonds is 8. The van der Waals surface area contributed by atoms with Gasteiger partial charge >= 0.3 is 0 Å². The number of amides is 2. The van der Waals surface area contributed by atoms with E-state index in [1.165, 1.54) is 54.6 Å². The molecule has 29 heavy (non-hydrogen) atoms. The van der Waals surface area contributed by atoms with Gasteiger partial charge in [-0.05, 0) is 48.7 Å². The van der Waals surface area contributed by atoms with E-state index in [0.29, 0.717) is 12.2 Å². The summed E-state index contributed by atoms with van der Waals surface area (Å²) in [5, 5.41) is 2.69.